The van der Waals surface area contributed by atoms with Crippen LogP contribution in [0.25, 0.3) is 0 Å². The number of benzene rings is 1. The van der Waals surface area contributed by atoms with Crippen LogP contribution in [0.4, 0.5) is 0 Å². The van der Waals surface area contributed by atoms with Gasteiger partial charge in [-0.15, -0.1) is 0 Å². The third-order valence-corrected chi connectivity index (χ3v) is 5.18. The van der Waals surface area contributed by atoms with Crippen LogP contribution < -0.4 is 15.4 Å². The fourth-order valence-corrected chi connectivity index (χ4v) is 4.00. The van der Waals surface area contributed by atoms with Gasteiger partial charge >= 0.3 is 0 Å². The van der Waals surface area contributed by atoms with Gasteiger partial charge in [0.05, 0.1) is 13.2 Å². The molecule has 0 aliphatic carbocycles. The molecule has 1 heterocycles. The van der Waals surface area contributed by atoms with E-state index in [2.05, 4.69) is 36.3 Å². The second kappa shape index (κ2) is 11.8. The number of likely N-dealkylation sites (tertiary alicyclic amines) is 1. The maximum absolute atomic E-state index is 12.3. The molecule has 1 aliphatic heterocycles. The number of rotatable bonds is 10. The van der Waals surface area contributed by atoms with Crippen molar-refractivity contribution in [3.63, 3.8) is 0 Å². The van der Waals surface area contributed by atoms with Gasteiger partial charge in [0.15, 0.2) is 0 Å². The molecule has 1 saturated heterocycles. The monoisotopic (exact) mass is 403 g/mol. The quantitative estimate of drug-likeness (QED) is 0.589. The van der Waals surface area contributed by atoms with Crippen molar-refractivity contribution in [1.82, 2.24) is 15.5 Å². The Kier molecular flexibility index (Phi) is 9.45. The maximum Gasteiger partial charge on any atom is 0.251 e. The summed E-state index contributed by atoms with van der Waals surface area (Å²) in [6.07, 6.45) is 3.36. The molecule has 6 nitrogen and oxygen atoms in total. The van der Waals surface area contributed by atoms with E-state index in [-0.39, 0.29) is 24.4 Å². The fourth-order valence-electron chi connectivity index (χ4n) is 4.00. The Labute approximate surface area is 175 Å². The van der Waals surface area contributed by atoms with Crippen LogP contribution in [0, 0.1) is 11.8 Å². The van der Waals surface area contributed by atoms with Crippen molar-refractivity contribution in [3.8, 4) is 5.75 Å². The van der Waals surface area contributed by atoms with Crippen molar-refractivity contribution < 1.29 is 14.3 Å². The molecule has 1 aliphatic rings. The Balaban J connectivity index is 1.70. The van der Waals surface area contributed by atoms with Crippen molar-refractivity contribution in [2.45, 2.75) is 53.0 Å². The van der Waals surface area contributed by atoms with Gasteiger partial charge in [-0.25, -0.2) is 0 Å². The molecule has 2 N–H and O–H groups in total. The molecule has 0 aromatic heterocycles. The maximum atomic E-state index is 12.3. The number of amides is 2. The van der Waals surface area contributed by atoms with Gasteiger partial charge in [0, 0.05) is 31.2 Å². The second-order valence-electron chi connectivity index (χ2n) is 8.54. The minimum atomic E-state index is -0.258. The van der Waals surface area contributed by atoms with E-state index >= 15 is 0 Å². The van der Waals surface area contributed by atoms with E-state index in [1.54, 1.807) is 24.3 Å². The van der Waals surface area contributed by atoms with Gasteiger partial charge in [0.2, 0.25) is 5.91 Å². The smallest absolute Gasteiger partial charge is 0.251 e. The largest absolute Gasteiger partial charge is 0.494 e. The SMILES string of the molecule is CCCCOc1ccc(C(=O)NCC(=O)N[C@H](C)CN2C[C@@H](C)C[C@H](C)C2)cc1. The summed E-state index contributed by atoms with van der Waals surface area (Å²) in [5.41, 5.74) is 0.519. The zero-order valence-electron chi connectivity index (χ0n) is 18.4. The highest BCUT2D eigenvalue weighted by atomic mass is 16.5. The van der Waals surface area contributed by atoms with Crippen LogP contribution in [0.15, 0.2) is 24.3 Å². The van der Waals surface area contributed by atoms with E-state index in [9.17, 15) is 9.59 Å². The van der Waals surface area contributed by atoms with E-state index < -0.39 is 0 Å². The van der Waals surface area contributed by atoms with Gasteiger partial charge in [0.25, 0.3) is 5.91 Å². The number of hydrogen-bond donors (Lipinski definition) is 2. The minimum absolute atomic E-state index is 0.0231. The summed E-state index contributed by atoms with van der Waals surface area (Å²) in [5, 5.41) is 5.67. The molecule has 162 valence electrons. The van der Waals surface area contributed by atoms with Crippen molar-refractivity contribution in [1.29, 1.82) is 0 Å². The highest BCUT2D eigenvalue weighted by molar-refractivity contribution is 5.96. The molecule has 0 spiro atoms. The van der Waals surface area contributed by atoms with E-state index in [4.69, 9.17) is 4.74 Å². The number of nitrogens with one attached hydrogen (secondary N) is 2. The predicted molar refractivity (Wildman–Crippen MR) is 116 cm³/mol. The van der Waals surface area contributed by atoms with Gasteiger partial charge in [-0.1, -0.05) is 27.2 Å². The summed E-state index contributed by atoms with van der Waals surface area (Å²) in [7, 11) is 0. The molecule has 1 aromatic carbocycles. The highest BCUT2D eigenvalue weighted by Crippen LogP contribution is 2.20. The summed E-state index contributed by atoms with van der Waals surface area (Å²) in [6, 6.07) is 7.06. The van der Waals surface area contributed by atoms with Crippen LogP contribution in [0.5, 0.6) is 5.75 Å². The second-order valence-corrected chi connectivity index (χ2v) is 8.54. The van der Waals surface area contributed by atoms with Gasteiger partial charge in [-0.3, -0.25) is 9.59 Å². The van der Waals surface area contributed by atoms with Gasteiger partial charge in [-0.2, -0.15) is 0 Å². The number of hydrogen-bond acceptors (Lipinski definition) is 4. The first kappa shape index (κ1) is 23.2. The first-order valence-electron chi connectivity index (χ1n) is 10.9. The fraction of sp³-hybridized carbons (Fsp3) is 0.652. The summed E-state index contributed by atoms with van der Waals surface area (Å²) in [4.78, 5) is 26.9. The zero-order chi connectivity index (χ0) is 21.2. The van der Waals surface area contributed by atoms with Crippen molar-refractivity contribution >= 4 is 11.8 Å². The summed E-state index contributed by atoms with van der Waals surface area (Å²) >= 11 is 0. The molecule has 1 fully saturated rings. The molecule has 0 unspecified atom stereocenters. The lowest BCUT2D eigenvalue weighted by Gasteiger charge is -2.36. The van der Waals surface area contributed by atoms with Crippen molar-refractivity contribution in [2.75, 3.05) is 32.8 Å². The van der Waals surface area contributed by atoms with Gasteiger partial charge in [0.1, 0.15) is 5.75 Å². The van der Waals surface area contributed by atoms with Crippen molar-refractivity contribution in [3.05, 3.63) is 29.8 Å². The van der Waals surface area contributed by atoms with Crippen LogP contribution >= 0.6 is 0 Å². The Morgan fingerprint density at radius 2 is 1.83 bits per heavy atom. The molecule has 0 radical (unpaired) electrons. The van der Waals surface area contributed by atoms with E-state index in [0.717, 1.165) is 38.2 Å². The summed E-state index contributed by atoms with van der Waals surface area (Å²) in [5.74, 6) is 1.73. The number of ether oxygens (including phenoxy) is 1. The van der Waals surface area contributed by atoms with E-state index in [1.165, 1.54) is 6.42 Å². The summed E-state index contributed by atoms with van der Waals surface area (Å²) < 4.78 is 5.60. The number of piperidine rings is 1. The van der Waals surface area contributed by atoms with Crippen LogP contribution in [-0.2, 0) is 4.79 Å². The third kappa shape index (κ3) is 8.44. The lowest BCUT2D eigenvalue weighted by Crippen LogP contribution is -2.48. The molecular weight excluding hydrogens is 366 g/mol. The third-order valence-electron chi connectivity index (χ3n) is 5.18. The van der Waals surface area contributed by atoms with E-state index in [1.807, 2.05) is 6.92 Å². The normalized spacial score (nSPS) is 20.7. The molecule has 2 rings (SSSR count). The van der Waals surface area contributed by atoms with E-state index in [0.29, 0.717) is 24.0 Å². The molecule has 6 heteroatoms. The zero-order valence-corrected chi connectivity index (χ0v) is 18.4. The Hall–Kier alpha value is -2.08. The first-order valence-corrected chi connectivity index (χ1v) is 10.9. The molecule has 2 amide bonds. The highest BCUT2D eigenvalue weighted by Gasteiger charge is 2.23. The van der Waals surface area contributed by atoms with Crippen LogP contribution in [0.1, 0.15) is 57.3 Å². The average molecular weight is 404 g/mol. The van der Waals surface area contributed by atoms with Crippen LogP contribution in [0.2, 0.25) is 0 Å². The number of nitrogens with zero attached hydrogens (tertiary/aromatic N) is 1. The van der Waals surface area contributed by atoms with Crippen LogP contribution in [-0.4, -0.2) is 55.5 Å². The standard InChI is InChI=1S/C23H37N3O3/c1-5-6-11-29-21-9-7-20(8-10-21)23(28)24-13-22(27)25-19(4)16-26-14-17(2)12-18(3)15-26/h7-10,17-19H,5-6,11-16H2,1-4H3,(H,24,28)(H,25,27)/t17-,18-,19+/m0/s1. The predicted octanol–water partition coefficient (Wildman–Crippen LogP) is 3.08. The number of unbranched alkanes of at least 4 members (excludes halogenated alkanes) is 1. The molecule has 3 atom stereocenters. The van der Waals surface area contributed by atoms with Crippen LogP contribution in [0.3, 0.4) is 0 Å². The molecule has 0 saturated carbocycles. The van der Waals surface area contributed by atoms with Gasteiger partial charge in [-0.05, 0) is 55.9 Å². The average Bonchev–Trinajstić information content (AvgIpc) is 2.66. The number of carbonyl (C=O) groups excluding carboxylic acids is 2. The summed E-state index contributed by atoms with van der Waals surface area (Å²) in [6.45, 7) is 12.4. The lowest BCUT2D eigenvalue weighted by atomic mass is 9.92. The Bertz CT molecular complexity index is 637. The minimum Gasteiger partial charge on any atom is -0.494 e. The topological polar surface area (TPSA) is 70.7 Å². The molecule has 1 aromatic rings. The first-order chi connectivity index (χ1) is 13.9. The number of carbonyl (C=O) groups is 2. The van der Waals surface area contributed by atoms with Crippen molar-refractivity contribution in [2.24, 2.45) is 11.8 Å². The Morgan fingerprint density at radius 1 is 1.17 bits per heavy atom. The Morgan fingerprint density at radius 3 is 2.45 bits per heavy atom. The molecule has 29 heavy (non-hydrogen) atoms. The lowest BCUT2D eigenvalue weighted by molar-refractivity contribution is -0.120. The molecule has 0 bridgehead atoms. The van der Waals surface area contributed by atoms with Gasteiger partial charge < -0.3 is 20.3 Å². The molecular formula is C23H37N3O3.